The molecule has 0 atom stereocenters. The molecule has 1 heterocycles. The van der Waals surface area contributed by atoms with E-state index in [9.17, 15) is 28.0 Å². The van der Waals surface area contributed by atoms with E-state index in [4.69, 9.17) is 0 Å². The van der Waals surface area contributed by atoms with Crippen LogP contribution < -0.4 is 5.32 Å². The largest absolute Gasteiger partial charge is 0.330 e. The maximum atomic E-state index is 13.8. The third-order valence-electron chi connectivity index (χ3n) is 5.18. The lowest BCUT2D eigenvalue weighted by atomic mass is 10.0. The van der Waals surface area contributed by atoms with E-state index in [0.717, 1.165) is 23.5 Å². The van der Waals surface area contributed by atoms with Gasteiger partial charge in [-0.1, -0.05) is 19.4 Å². The first kappa shape index (κ1) is 23.1. The molecule has 0 aliphatic carbocycles. The van der Waals surface area contributed by atoms with Crippen molar-refractivity contribution in [1.82, 2.24) is 9.80 Å². The molecule has 0 saturated carbocycles. The Bertz CT molecular complexity index is 1070. The number of rotatable bonds is 8. The lowest BCUT2D eigenvalue weighted by Crippen LogP contribution is -2.38. The zero-order valence-corrected chi connectivity index (χ0v) is 17.8. The normalized spacial score (nSPS) is 12.7. The molecule has 0 bridgehead atoms. The number of benzene rings is 2. The molecule has 1 N–H and O–H groups in total. The minimum absolute atomic E-state index is 0.133. The number of nitrogens with zero attached hydrogens (tertiary/aromatic N) is 2. The molecule has 2 aromatic carbocycles. The predicted molar refractivity (Wildman–Crippen MR) is 113 cm³/mol. The third-order valence-corrected chi connectivity index (χ3v) is 5.18. The molecule has 0 spiro atoms. The van der Waals surface area contributed by atoms with Gasteiger partial charge in [-0.3, -0.25) is 24.1 Å². The van der Waals surface area contributed by atoms with Crippen molar-refractivity contribution in [3.63, 3.8) is 0 Å². The van der Waals surface area contributed by atoms with Crippen molar-refractivity contribution in [1.29, 1.82) is 0 Å². The summed E-state index contributed by atoms with van der Waals surface area (Å²) in [4.78, 5) is 52.6. The van der Waals surface area contributed by atoms with E-state index in [-0.39, 0.29) is 23.2 Å². The number of para-hydroxylation sites is 1. The summed E-state index contributed by atoms with van der Waals surface area (Å²) in [5.41, 5.74) is -0.0758. The predicted octanol–water partition coefficient (Wildman–Crippen LogP) is 3.46. The van der Waals surface area contributed by atoms with Crippen LogP contribution in [0.4, 0.5) is 14.5 Å². The van der Waals surface area contributed by atoms with Gasteiger partial charge in [-0.25, -0.2) is 8.78 Å². The number of anilines is 1. The van der Waals surface area contributed by atoms with Crippen LogP contribution in [0.3, 0.4) is 0 Å². The number of nitrogens with one attached hydrogen (secondary N) is 1. The van der Waals surface area contributed by atoms with Crippen molar-refractivity contribution in [3.8, 4) is 0 Å². The number of carbonyl (C=O) groups excluding carboxylic acids is 4. The molecule has 4 amide bonds. The fourth-order valence-electron chi connectivity index (χ4n) is 3.42. The maximum Gasteiger partial charge on any atom is 0.261 e. The lowest BCUT2D eigenvalue weighted by Gasteiger charge is -2.21. The molecule has 0 aromatic heterocycles. The first-order valence-corrected chi connectivity index (χ1v) is 10.3. The second-order valence-corrected chi connectivity index (χ2v) is 7.34. The summed E-state index contributed by atoms with van der Waals surface area (Å²) in [5, 5.41) is 2.14. The van der Waals surface area contributed by atoms with Crippen LogP contribution >= 0.6 is 0 Å². The summed E-state index contributed by atoms with van der Waals surface area (Å²) >= 11 is 0. The van der Waals surface area contributed by atoms with Crippen molar-refractivity contribution >= 4 is 29.3 Å². The van der Waals surface area contributed by atoms with Gasteiger partial charge < -0.3 is 10.2 Å². The Labute approximate surface area is 184 Å². The van der Waals surface area contributed by atoms with Crippen LogP contribution in [0.15, 0.2) is 36.4 Å². The molecule has 3 rings (SSSR count). The van der Waals surface area contributed by atoms with Crippen LogP contribution in [0.2, 0.25) is 0 Å². The minimum atomic E-state index is -0.929. The van der Waals surface area contributed by atoms with Gasteiger partial charge in [0, 0.05) is 18.7 Å². The molecule has 7 nitrogen and oxygen atoms in total. The standard InChI is InChI=1S/C23H23F2N3O4/c1-3-5-11-28-22(31)15-10-9-14(12-16(15)23(28)32)21(30)27(4-2)13-19(29)26-20-17(24)7-6-8-18(20)25/h6-10,12H,3-5,11,13H2,1-2H3,(H,26,29). The van der Waals surface area contributed by atoms with Crippen LogP contribution in [-0.2, 0) is 4.79 Å². The van der Waals surface area contributed by atoms with Gasteiger partial charge in [-0.15, -0.1) is 0 Å². The Morgan fingerprint density at radius 1 is 1.00 bits per heavy atom. The molecule has 0 radical (unpaired) electrons. The summed E-state index contributed by atoms with van der Waals surface area (Å²) < 4.78 is 27.5. The average molecular weight is 443 g/mol. The molecule has 0 saturated heterocycles. The number of fused-ring (bicyclic) bond motifs is 1. The molecule has 32 heavy (non-hydrogen) atoms. The van der Waals surface area contributed by atoms with Gasteiger partial charge in [0.05, 0.1) is 11.1 Å². The molecule has 1 aliphatic rings. The van der Waals surface area contributed by atoms with E-state index in [1.54, 1.807) is 6.92 Å². The Morgan fingerprint density at radius 2 is 1.66 bits per heavy atom. The second-order valence-electron chi connectivity index (χ2n) is 7.34. The Hall–Kier alpha value is -3.62. The highest BCUT2D eigenvalue weighted by molar-refractivity contribution is 6.22. The third kappa shape index (κ3) is 4.51. The molecule has 9 heteroatoms. The summed E-state index contributed by atoms with van der Waals surface area (Å²) in [7, 11) is 0. The lowest BCUT2D eigenvalue weighted by molar-refractivity contribution is -0.116. The van der Waals surface area contributed by atoms with Gasteiger partial charge in [0.1, 0.15) is 23.9 Å². The van der Waals surface area contributed by atoms with Crippen molar-refractivity contribution in [2.24, 2.45) is 0 Å². The highest BCUT2D eigenvalue weighted by Gasteiger charge is 2.35. The van der Waals surface area contributed by atoms with E-state index >= 15 is 0 Å². The maximum absolute atomic E-state index is 13.8. The van der Waals surface area contributed by atoms with E-state index in [1.807, 2.05) is 6.92 Å². The quantitative estimate of drug-likeness (QED) is 0.633. The molecular weight excluding hydrogens is 420 g/mol. The van der Waals surface area contributed by atoms with Crippen LogP contribution in [0, 0.1) is 11.6 Å². The van der Waals surface area contributed by atoms with Crippen molar-refractivity contribution < 1.29 is 28.0 Å². The highest BCUT2D eigenvalue weighted by Crippen LogP contribution is 2.25. The zero-order chi connectivity index (χ0) is 23.4. The van der Waals surface area contributed by atoms with Gasteiger partial charge in [-0.05, 0) is 43.7 Å². The monoisotopic (exact) mass is 443 g/mol. The molecular formula is C23H23F2N3O4. The van der Waals surface area contributed by atoms with Crippen LogP contribution in [0.1, 0.15) is 57.8 Å². The van der Waals surface area contributed by atoms with Crippen molar-refractivity contribution in [3.05, 3.63) is 64.7 Å². The number of hydrogen-bond donors (Lipinski definition) is 1. The van der Waals surface area contributed by atoms with E-state index in [0.29, 0.717) is 13.0 Å². The van der Waals surface area contributed by atoms with Gasteiger partial charge >= 0.3 is 0 Å². The van der Waals surface area contributed by atoms with Crippen molar-refractivity contribution in [2.75, 3.05) is 25.0 Å². The Kier molecular flexibility index (Phi) is 6.97. The summed E-state index contributed by atoms with van der Waals surface area (Å²) in [6.07, 6.45) is 1.50. The first-order valence-electron chi connectivity index (χ1n) is 10.3. The number of unbranched alkanes of at least 4 members (excludes halogenated alkanes) is 1. The number of hydrogen-bond acceptors (Lipinski definition) is 4. The molecule has 2 aromatic rings. The van der Waals surface area contributed by atoms with Crippen molar-refractivity contribution in [2.45, 2.75) is 26.7 Å². The number of amides is 4. The fraction of sp³-hybridized carbons (Fsp3) is 0.304. The number of likely N-dealkylation sites (N-methyl/N-ethyl adjacent to an activating group) is 1. The Balaban J connectivity index is 1.75. The summed E-state index contributed by atoms with van der Waals surface area (Å²) in [5.74, 6) is -4.03. The topological polar surface area (TPSA) is 86.8 Å². The number of halogens is 2. The van der Waals surface area contributed by atoms with E-state index in [1.165, 1.54) is 29.2 Å². The SMILES string of the molecule is CCCCN1C(=O)c2ccc(C(=O)N(CC)CC(=O)Nc3c(F)cccc3F)cc2C1=O. The van der Waals surface area contributed by atoms with Crippen LogP contribution in [0.25, 0.3) is 0 Å². The van der Waals surface area contributed by atoms with Crippen LogP contribution in [-0.4, -0.2) is 53.1 Å². The highest BCUT2D eigenvalue weighted by atomic mass is 19.1. The van der Waals surface area contributed by atoms with Crippen LogP contribution in [0.5, 0.6) is 0 Å². The van der Waals surface area contributed by atoms with Gasteiger partial charge in [0.15, 0.2) is 0 Å². The Morgan fingerprint density at radius 3 is 2.28 bits per heavy atom. The van der Waals surface area contributed by atoms with Gasteiger partial charge in [-0.2, -0.15) is 0 Å². The van der Waals surface area contributed by atoms with Gasteiger partial charge in [0.25, 0.3) is 17.7 Å². The number of imide groups is 1. The van der Waals surface area contributed by atoms with Gasteiger partial charge in [0.2, 0.25) is 5.91 Å². The smallest absolute Gasteiger partial charge is 0.261 e. The van der Waals surface area contributed by atoms with E-state index < -0.39 is 47.5 Å². The molecule has 168 valence electrons. The first-order chi connectivity index (χ1) is 15.3. The number of carbonyl (C=O) groups is 4. The molecule has 0 fully saturated rings. The minimum Gasteiger partial charge on any atom is -0.330 e. The fourth-order valence-corrected chi connectivity index (χ4v) is 3.42. The van der Waals surface area contributed by atoms with E-state index in [2.05, 4.69) is 5.32 Å². The molecule has 1 aliphatic heterocycles. The summed E-state index contributed by atoms with van der Waals surface area (Å²) in [6, 6.07) is 7.39. The molecule has 0 unspecified atom stereocenters. The zero-order valence-electron chi connectivity index (χ0n) is 17.8. The second kappa shape index (κ2) is 9.67. The average Bonchev–Trinajstić information content (AvgIpc) is 3.02. The summed E-state index contributed by atoms with van der Waals surface area (Å²) in [6.45, 7) is 3.59.